The van der Waals surface area contributed by atoms with Gasteiger partial charge in [-0.3, -0.25) is 4.79 Å². The fraction of sp³-hybridized carbons (Fsp3) is 0.733. The molecule has 4 heteroatoms. The highest BCUT2D eigenvalue weighted by Crippen LogP contribution is 2.16. The van der Waals surface area contributed by atoms with Crippen molar-refractivity contribution in [3.05, 3.63) is 35.4 Å². The second-order valence-electron chi connectivity index (χ2n) is 10.3. The van der Waals surface area contributed by atoms with Gasteiger partial charge in [0.1, 0.15) is 0 Å². The maximum absolute atomic E-state index is 12.7. The average molecular weight is 474 g/mol. The smallest absolute Gasteiger partial charge is 0.338 e. The highest BCUT2D eigenvalue weighted by Gasteiger charge is 2.17. The van der Waals surface area contributed by atoms with Gasteiger partial charge >= 0.3 is 5.97 Å². The Morgan fingerprint density at radius 3 is 1.97 bits per heavy atom. The molecule has 1 rings (SSSR count). The van der Waals surface area contributed by atoms with Gasteiger partial charge in [0.15, 0.2) is 0 Å². The Bertz CT molecular complexity index is 671. The number of nitrogens with one attached hydrogen (secondary N) is 1. The van der Waals surface area contributed by atoms with Crippen LogP contribution in [-0.4, -0.2) is 25.0 Å². The maximum Gasteiger partial charge on any atom is 0.338 e. The van der Waals surface area contributed by atoms with Gasteiger partial charge in [0, 0.05) is 6.54 Å². The normalized spacial score (nSPS) is 12.0. The summed E-state index contributed by atoms with van der Waals surface area (Å²) in [7, 11) is 0. The molecular formula is C30H51NO3. The van der Waals surface area contributed by atoms with Crippen molar-refractivity contribution in [3.8, 4) is 0 Å². The van der Waals surface area contributed by atoms with Gasteiger partial charge in [-0.1, -0.05) is 117 Å². The number of esters is 1. The lowest BCUT2D eigenvalue weighted by molar-refractivity contribution is 0.0480. The molecule has 1 unspecified atom stereocenters. The molecule has 1 aromatic carbocycles. The van der Waals surface area contributed by atoms with Crippen LogP contribution in [0.1, 0.15) is 138 Å². The highest BCUT2D eigenvalue weighted by molar-refractivity contribution is 6.05. The molecule has 34 heavy (non-hydrogen) atoms. The van der Waals surface area contributed by atoms with E-state index < -0.39 is 5.97 Å². The quantitative estimate of drug-likeness (QED) is 0.153. The van der Waals surface area contributed by atoms with E-state index in [2.05, 4.69) is 33.0 Å². The molecule has 0 bridgehead atoms. The molecule has 4 nitrogen and oxygen atoms in total. The topological polar surface area (TPSA) is 55.4 Å². The molecular weight excluding hydrogens is 422 g/mol. The zero-order chi connectivity index (χ0) is 25.0. The Morgan fingerprint density at radius 2 is 1.35 bits per heavy atom. The molecule has 0 spiro atoms. The highest BCUT2D eigenvalue weighted by atomic mass is 16.5. The SMILES string of the molecule is CCCCCCCCCCCCNC(=O)c1ccccc1C(=O)OCCC(C)CCCC(C)C. The van der Waals surface area contributed by atoms with Crippen LogP contribution in [0.25, 0.3) is 0 Å². The van der Waals surface area contributed by atoms with Crippen LogP contribution in [0.15, 0.2) is 24.3 Å². The molecule has 0 heterocycles. The number of amides is 1. The molecule has 1 N–H and O–H groups in total. The number of benzene rings is 1. The number of rotatable bonds is 20. The molecule has 0 aliphatic rings. The zero-order valence-corrected chi connectivity index (χ0v) is 22.5. The molecule has 0 saturated heterocycles. The van der Waals surface area contributed by atoms with Gasteiger partial charge in [0.2, 0.25) is 0 Å². The Hall–Kier alpha value is -1.84. The molecule has 1 atom stereocenters. The molecule has 0 fully saturated rings. The largest absolute Gasteiger partial charge is 0.462 e. The second-order valence-corrected chi connectivity index (χ2v) is 10.3. The fourth-order valence-corrected chi connectivity index (χ4v) is 4.22. The van der Waals surface area contributed by atoms with Crippen LogP contribution in [0.3, 0.4) is 0 Å². The summed E-state index contributed by atoms with van der Waals surface area (Å²) >= 11 is 0. The predicted molar refractivity (Wildman–Crippen MR) is 143 cm³/mol. The van der Waals surface area contributed by atoms with Gasteiger partial charge < -0.3 is 10.1 Å². The first-order valence-electron chi connectivity index (χ1n) is 14.0. The lowest BCUT2D eigenvalue weighted by Crippen LogP contribution is -2.26. The van der Waals surface area contributed by atoms with Crippen molar-refractivity contribution in [1.82, 2.24) is 5.32 Å². The van der Waals surface area contributed by atoms with Gasteiger partial charge in [-0.25, -0.2) is 4.79 Å². The molecule has 194 valence electrons. The monoisotopic (exact) mass is 473 g/mol. The van der Waals surface area contributed by atoms with Crippen molar-refractivity contribution >= 4 is 11.9 Å². The van der Waals surface area contributed by atoms with Gasteiger partial charge in [-0.2, -0.15) is 0 Å². The van der Waals surface area contributed by atoms with Crippen molar-refractivity contribution in [1.29, 1.82) is 0 Å². The first kappa shape index (κ1) is 30.2. The zero-order valence-electron chi connectivity index (χ0n) is 22.5. The predicted octanol–water partition coefficient (Wildman–Crippen LogP) is 8.35. The Labute approximate surface area is 209 Å². The van der Waals surface area contributed by atoms with E-state index >= 15 is 0 Å². The van der Waals surface area contributed by atoms with E-state index in [9.17, 15) is 9.59 Å². The number of hydrogen-bond donors (Lipinski definition) is 1. The van der Waals surface area contributed by atoms with Crippen molar-refractivity contribution < 1.29 is 14.3 Å². The van der Waals surface area contributed by atoms with Gasteiger partial charge in [0.25, 0.3) is 5.91 Å². The lowest BCUT2D eigenvalue weighted by atomic mass is 9.98. The minimum absolute atomic E-state index is 0.189. The molecule has 0 aliphatic carbocycles. The van der Waals surface area contributed by atoms with Crippen LogP contribution < -0.4 is 5.32 Å². The first-order chi connectivity index (χ1) is 16.5. The summed E-state index contributed by atoms with van der Waals surface area (Å²) in [6, 6.07) is 6.97. The van der Waals surface area contributed by atoms with Crippen LogP contribution in [0.5, 0.6) is 0 Å². The molecule has 1 amide bonds. The molecule has 0 aromatic heterocycles. The summed E-state index contributed by atoms with van der Waals surface area (Å²) in [6.45, 7) is 10.0. The number of hydrogen-bond acceptors (Lipinski definition) is 3. The van der Waals surface area contributed by atoms with Crippen molar-refractivity contribution in [2.45, 2.75) is 118 Å². The third kappa shape index (κ3) is 14.4. The van der Waals surface area contributed by atoms with Crippen LogP contribution in [0, 0.1) is 11.8 Å². The second kappa shape index (κ2) is 19.5. The average Bonchev–Trinajstić information content (AvgIpc) is 2.82. The van der Waals surface area contributed by atoms with Crippen molar-refractivity contribution in [2.24, 2.45) is 11.8 Å². The summed E-state index contributed by atoms with van der Waals surface area (Å²) in [5, 5.41) is 2.98. The molecule has 0 aliphatic heterocycles. The van der Waals surface area contributed by atoms with E-state index in [1.54, 1.807) is 24.3 Å². The molecule has 0 saturated carbocycles. The summed E-state index contributed by atoms with van der Waals surface area (Å²) in [4.78, 5) is 25.3. The van der Waals surface area contributed by atoms with E-state index in [1.165, 1.54) is 64.2 Å². The van der Waals surface area contributed by atoms with E-state index in [0.29, 0.717) is 30.2 Å². The van der Waals surface area contributed by atoms with Crippen LogP contribution in [0.2, 0.25) is 0 Å². The first-order valence-corrected chi connectivity index (χ1v) is 14.0. The number of unbranched alkanes of at least 4 members (excludes halogenated alkanes) is 9. The molecule has 1 aromatic rings. The van der Waals surface area contributed by atoms with Crippen molar-refractivity contribution in [3.63, 3.8) is 0 Å². The summed E-state index contributed by atoms with van der Waals surface area (Å²) in [5.74, 6) is 0.675. The summed E-state index contributed by atoms with van der Waals surface area (Å²) in [6.07, 6.45) is 17.2. The third-order valence-electron chi connectivity index (χ3n) is 6.53. The van der Waals surface area contributed by atoms with Crippen LogP contribution >= 0.6 is 0 Å². The number of carbonyl (C=O) groups is 2. The van der Waals surface area contributed by atoms with Crippen LogP contribution in [-0.2, 0) is 4.74 Å². The Morgan fingerprint density at radius 1 is 0.765 bits per heavy atom. The summed E-state index contributed by atoms with van der Waals surface area (Å²) in [5.41, 5.74) is 0.764. The van der Waals surface area contributed by atoms with E-state index in [0.717, 1.165) is 31.6 Å². The minimum Gasteiger partial charge on any atom is -0.462 e. The van der Waals surface area contributed by atoms with E-state index in [4.69, 9.17) is 4.74 Å². The lowest BCUT2D eigenvalue weighted by Gasteiger charge is -2.13. The Kier molecular flexibility index (Phi) is 17.3. The fourth-order valence-electron chi connectivity index (χ4n) is 4.22. The van der Waals surface area contributed by atoms with Gasteiger partial charge in [-0.05, 0) is 36.8 Å². The van der Waals surface area contributed by atoms with Gasteiger partial charge in [0.05, 0.1) is 17.7 Å². The molecule has 0 radical (unpaired) electrons. The standard InChI is InChI=1S/C30H51NO3/c1-5-6-7-8-9-10-11-12-13-16-23-31-29(32)27-20-14-15-21-28(27)30(33)34-24-22-26(4)19-17-18-25(2)3/h14-15,20-21,25-26H,5-13,16-19,22-24H2,1-4H3,(H,31,32). The third-order valence-corrected chi connectivity index (χ3v) is 6.53. The van der Waals surface area contributed by atoms with E-state index in [-0.39, 0.29) is 5.91 Å². The summed E-state index contributed by atoms with van der Waals surface area (Å²) < 4.78 is 5.51. The van der Waals surface area contributed by atoms with E-state index in [1.807, 2.05) is 0 Å². The minimum atomic E-state index is -0.404. The van der Waals surface area contributed by atoms with Gasteiger partial charge in [-0.15, -0.1) is 0 Å². The number of ether oxygens (including phenoxy) is 1. The number of carbonyl (C=O) groups excluding carboxylic acids is 2. The van der Waals surface area contributed by atoms with Crippen molar-refractivity contribution in [2.75, 3.05) is 13.2 Å². The Balaban J connectivity index is 2.27. The maximum atomic E-state index is 12.7. The van der Waals surface area contributed by atoms with Crippen LogP contribution in [0.4, 0.5) is 0 Å².